The topological polar surface area (TPSA) is 184 Å². The van der Waals surface area contributed by atoms with Crippen molar-refractivity contribution in [3.63, 3.8) is 0 Å². The van der Waals surface area contributed by atoms with E-state index in [2.05, 4.69) is 38.4 Å². The summed E-state index contributed by atoms with van der Waals surface area (Å²) in [6.45, 7) is 10.2. The van der Waals surface area contributed by atoms with Crippen molar-refractivity contribution in [3.05, 3.63) is 65.1 Å². The molecule has 0 spiro atoms. The largest absolute Gasteiger partial charge is 0.390 e. The molecule has 0 bridgehead atoms. The average Bonchev–Trinajstić information content (AvgIpc) is 3.88. The second-order valence-corrected chi connectivity index (χ2v) is 15.9. The summed E-state index contributed by atoms with van der Waals surface area (Å²) in [6.07, 6.45) is 8.51. The summed E-state index contributed by atoms with van der Waals surface area (Å²) in [6, 6.07) is 3.97. The Hall–Kier alpha value is -4.63. The van der Waals surface area contributed by atoms with Gasteiger partial charge in [0.15, 0.2) is 0 Å². The van der Waals surface area contributed by atoms with Crippen LogP contribution in [0.3, 0.4) is 0 Å². The zero-order valence-corrected chi connectivity index (χ0v) is 32.3. The summed E-state index contributed by atoms with van der Waals surface area (Å²) in [5, 5.41) is 30.7. The first kappa shape index (κ1) is 40.0. The molecule has 1 aliphatic carbocycles. The molecule has 4 amide bonds. The lowest BCUT2D eigenvalue weighted by Gasteiger charge is -2.38. The maximum Gasteiger partial charge on any atom is 0.270 e. The van der Waals surface area contributed by atoms with Crippen molar-refractivity contribution >= 4 is 29.3 Å². The van der Waals surface area contributed by atoms with E-state index >= 15 is 4.39 Å². The smallest absolute Gasteiger partial charge is 0.270 e. The second kappa shape index (κ2) is 17.4. The quantitative estimate of drug-likeness (QED) is 0.179. The van der Waals surface area contributed by atoms with Crippen LogP contribution >= 0.6 is 0 Å². The Morgan fingerprint density at radius 1 is 1.04 bits per heavy atom. The van der Waals surface area contributed by atoms with Gasteiger partial charge in [0, 0.05) is 37.7 Å². The lowest BCUT2D eigenvalue weighted by Crippen LogP contribution is -2.54. The standard InChI is InChI=1S/C40H55FN8O6/c1-5-49-32(14-19-43-49)37(51)46-35(26-8-6-24(2)7-9-26)38(52)44-31-11-10-28(22-30(31)41)25(3)33(39(53)48-20-15-40(4,54)16-21-48)45-36(50)29-23-55-47-34(29)27-12-17-42-18-13-27/h10-11,14,19,22-27,33,35,42,54H,5-9,12-13,15-18,20-21H2,1-4H3,(H,44,52)(H,45,50)(H,46,51)/t24-,25-,26-,33+,35-/m0/s1. The van der Waals surface area contributed by atoms with Gasteiger partial charge in [0.25, 0.3) is 11.8 Å². The van der Waals surface area contributed by atoms with Crippen molar-refractivity contribution in [3.8, 4) is 0 Å². The van der Waals surface area contributed by atoms with Crippen molar-refractivity contribution in [2.75, 3.05) is 31.5 Å². The number of piperidine rings is 2. The Balaban J connectivity index is 1.21. The molecule has 2 saturated heterocycles. The summed E-state index contributed by atoms with van der Waals surface area (Å²) >= 11 is 0. The minimum Gasteiger partial charge on any atom is -0.390 e. The van der Waals surface area contributed by atoms with E-state index in [1.54, 1.807) is 35.6 Å². The number of aryl methyl sites for hydroxylation is 1. The summed E-state index contributed by atoms with van der Waals surface area (Å²) in [7, 11) is 0. The van der Waals surface area contributed by atoms with Gasteiger partial charge in [0.1, 0.15) is 35.4 Å². The third kappa shape index (κ3) is 9.43. The molecule has 1 saturated carbocycles. The number of carbonyl (C=O) groups is 4. The van der Waals surface area contributed by atoms with Gasteiger partial charge in [-0.05, 0) is 101 Å². The molecule has 5 N–H and O–H groups in total. The zero-order chi connectivity index (χ0) is 39.3. The first-order valence-electron chi connectivity index (χ1n) is 19.7. The number of anilines is 1. The zero-order valence-electron chi connectivity index (χ0n) is 32.3. The number of hydrogen-bond acceptors (Lipinski definition) is 9. The molecule has 3 aliphatic rings. The number of benzene rings is 1. The Morgan fingerprint density at radius 3 is 2.42 bits per heavy atom. The molecule has 1 aromatic carbocycles. The first-order chi connectivity index (χ1) is 26.3. The Morgan fingerprint density at radius 2 is 1.75 bits per heavy atom. The fourth-order valence-electron chi connectivity index (χ4n) is 8.16. The molecule has 3 atom stereocenters. The summed E-state index contributed by atoms with van der Waals surface area (Å²) in [5.41, 5.74) is 0.616. The number of amides is 4. The molecule has 3 fully saturated rings. The first-order valence-corrected chi connectivity index (χ1v) is 19.7. The highest BCUT2D eigenvalue weighted by atomic mass is 19.1. The van der Waals surface area contributed by atoms with Crippen molar-refractivity contribution in [2.24, 2.45) is 11.8 Å². The number of nitrogens with zero attached hydrogens (tertiary/aromatic N) is 4. The van der Waals surface area contributed by atoms with Gasteiger partial charge >= 0.3 is 0 Å². The van der Waals surface area contributed by atoms with Crippen molar-refractivity contribution in [1.82, 2.24) is 35.8 Å². The van der Waals surface area contributed by atoms with Gasteiger partial charge in [-0.25, -0.2) is 4.39 Å². The molecule has 14 nitrogen and oxygen atoms in total. The molecule has 6 rings (SSSR count). The Kier molecular flexibility index (Phi) is 12.7. The molecule has 4 heterocycles. The maximum atomic E-state index is 16.0. The monoisotopic (exact) mass is 762 g/mol. The van der Waals surface area contributed by atoms with Crippen LogP contribution in [0.2, 0.25) is 0 Å². The van der Waals surface area contributed by atoms with E-state index in [4.69, 9.17) is 4.52 Å². The third-order valence-electron chi connectivity index (χ3n) is 11.9. The number of carbonyl (C=O) groups excluding carboxylic acids is 4. The Bertz CT molecular complexity index is 1820. The van der Waals surface area contributed by atoms with Gasteiger partial charge < -0.3 is 35.8 Å². The minimum atomic E-state index is -1.09. The van der Waals surface area contributed by atoms with Crippen LogP contribution in [0, 0.1) is 17.7 Å². The van der Waals surface area contributed by atoms with E-state index in [-0.39, 0.29) is 29.0 Å². The normalized spacial score (nSPS) is 22.0. The average molecular weight is 763 g/mol. The SMILES string of the molecule is CCn1nccc1C(=O)N[C@H](C(=O)Nc1ccc([C@H](C)[C@@H](NC(=O)c2conc2C2CCNCC2)C(=O)N2CCC(C)(O)CC2)cc1F)[C@H]1CC[C@H](C)CC1. The van der Waals surface area contributed by atoms with Gasteiger partial charge in [-0.15, -0.1) is 0 Å². The van der Waals surface area contributed by atoms with Gasteiger partial charge in [-0.3, -0.25) is 23.9 Å². The molecule has 3 aromatic rings. The highest BCUT2D eigenvalue weighted by Gasteiger charge is 2.38. The summed E-state index contributed by atoms with van der Waals surface area (Å²) in [4.78, 5) is 56.9. The van der Waals surface area contributed by atoms with Crippen LogP contribution in [0.5, 0.6) is 0 Å². The van der Waals surface area contributed by atoms with E-state index < -0.39 is 47.1 Å². The van der Waals surface area contributed by atoms with Crippen LogP contribution in [0.15, 0.2) is 41.2 Å². The van der Waals surface area contributed by atoms with Crippen molar-refractivity contribution in [1.29, 1.82) is 0 Å². The molecule has 0 unspecified atom stereocenters. The van der Waals surface area contributed by atoms with Crippen LogP contribution in [0.1, 0.15) is 123 Å². The maximum absolute atomic E-state index is 16.0. The molecular formula is C40H55FN8O6. The summed E-state index contributed by atoms with van der Waals surface area (Å²) in [5.74, 6) is -2.80. The van der Waals surface area contributed by atoms with Gasteiger partial charge in [0.2, 0.25) is 11.8 Å². The summed E-state index contributed by atoms with van der Waals surface area (Å²) < 4.78 is 22.8. The van der Waals surface area contributed by atoms with Crippen LogP contribution in [-0.2, 0) is 16.1 Å². The van der Waals surface area contributed by atoms with Crippen LogP contribution in [0.4, 0.5) is 10.1 Å². The lowest BCUT2D eigenvalue weighted by molar-refractivity contribution is -0.137. The fraction of sp³-hybridized carbons (Fsp3) is 0.600. The molecule has 15 heteroatoms. The van der Waals surface area contributed by atoms with E-state index in [0.29, 0.717) is 55.3 Å². The predicted octanol–water partition coefficient (Wildman–Crippen LogP) is 4.34. The molecule has 55 heavy (non-hydrogen) atoms. The highest BCUT2D eigenvalue weighted by Crippen LogP contribution is 2.33. The van der Waals surface area contributed by atoms with Crippen molar-refractivity contribution in [2.45, 2.75) is 115 Å². The molecular weight excluding hydrogens is 707 g/mol. The van der Waals surface area contributed by atoms with Gasteiger partial charge in [-0.2, -0.15) is 5.10 Å². The molecule has 2 aromatic heterocycles. The molecule has 0 radical (unpaired) electrons. The predicted molar refractivity (Wildman–Crippen MR) is 203 cm³/mol. The molecule has 2 aliphatic heterocycles. The molecule has 298 valence electrons. The van der Waals surface area contributed by atoms with Crippen LogP contribution in [-0.4, -0.2) is 92.4 Å². The second-order valence-electron chi connectivity index (χ2n) is 15.9. The third-order valence-corrected chi connectivity index (χ3v) is 11.9. The lowest BCUT2D eigenvalue weighted by atomic mass is 9.79. The van der Waals surface area contributed by atoms with Gasteiger partial charge in [0.05, 0.1) is 17.0 Å². The van der Waals surface area contributed by atoms with Crippen molar-refractivity contribution < 1.29 is 33.2 Å². The van der Waals surface area contributed by atoms with E-state index in [1.807, 2.05) is 6.92 Å². The fourth-order valence-corrected chi connectivity index (χ4v) is 8.16. The van der Waals surface area contributed by atoms with Gasteiger partial charge in [-0.1, -0.05) is 37.9 Å². The number of aromatic nitrogens is 3. The number of likely N-dealkylation sites (tertiary alicyclic amines) is 1. The number of hydrogen-bond donors (Lipinski definition) is 5. The van der Waals surface area contributed by atoms with E-state index in [9.17, 15) is 24.3 Å². The van der Waals surface area contributed by atoms with E-state index in [0.717, 1.165) is 51.6 Å². The van der Waals surface area contributed by atoms with Crippen LogP contribution < -0.4 is 21.3 Å². The Labute approximate surface area is 321 Å². The van der Waals surface area contributed by atoms with Crippen LogP contribution in [0.25, 0.3) is 0 Å². The highest BCUT2D eigenvalue weighted by molar-refractivity contribution is 6.01. The van der Waals surface area contributed by atoms with E-state index in [1.165, 1.54) is 24.6 Å². The number of aliphatic hydroxyl groups is 1. The number of nitrogens with one attached hydrogen (secondary N) is 4. The minimum absolute atomic E-state index is 0.0305. The number of halogens is 1. The number of rotatable bonds is 12.